The number of nitrogens with zero attached hydrogens (tertiary/aromatic N) is 2. The van der Waals surface area contributed by atoms with Crippen LogP contribution in [0.25, 0.3) is 11.0 Å². The lowest BCUT2D eigenvalue weighted by Gasteiger charge is -2.31. The zero-order valence-electron chi connectivity index (χ0n) is 25.2. The average molecular weight is 716 g/mol. The van der Waals surface area contributed by atoms with Gasteiger partial charge in [-0.2, -0.15) is 0 Å². The summed E-state index contributed by atoms with van der Waals surface area (Å²) in [7, 11) is -2.61. The number of fused-ring (bicyclic) bond motifs is 1. The van der Waals surface area contributed by atoms with E-state index in [1.807, 2.05) is 12.1 Å². The van der Waals surface area contributed by atoms with Gasteiger partial charge in [-0.1, -0.05) is 15.9 Å². The summed E-state index contributed by atoms with van der Waals surface area (Å²) in [5.74, 6) is -3.10. The topological polar surface area (TPSA) is 221 Å². The number of furan rings is 1. The van der Waals surface area contributed by atoms with Crippen LogP contribution in [0.4, 0.5) is 0 Å². The predicted molar refractivity (Wildman–Crippen MR) is 167 cm³/mol. The third-order valence-electron chi connectivity index (χ3n) is 7.45. The lowest BCUT2D eigenvalue weighted by molar-refractivity contribution is -0.144. The maximum Gasteiger partial charge on any atom is 0.287 e. The van der Waals surface area contributed by atoms with Gasteiger partial charge in [0.05, 0.1) is 12.9 Å². The van der Waals surface area contributed by atoms with Crippen molar-refractivity contribution >= 4 is 66.5 Å². The van der Waals surface area contributed by atoms with Gasteiger partial charge in [0.2, 0.25) is 33.7 Å². The quantitative estimate of drug-likeness (QED) is 0.154. The number of benzene rings is 1. The van der Waals surface area contributed by atoms with E-state index < -0.39 is 70.3 Å². The van der Waals surface area contributed by atoms with E-state index in [2.05, 4.69) is 31.3 Å². The second-order valence-corrected chi connectivity index (χ2v) is 13.7. The van der Waals surface area contributed by atoms with E-state index in [-0.39, 0.29) is 18.7 Å². The largest absolute Gasteiger partial charge is 0.451 e. The standard InChI is InChI=1S/C28H39BrN6O9S/c1-16(27(40)35-12-6-8-20(35)24(30)37)32-25(38)21(15-36)34(2)28(41)19(33-45(3,42)43)7-4-5-11-31-26(39)23-13-17-9-10-18(29)14-22(17)44-23/h9-10,13-14,16,19-21,33,36H,4-8,11-12,15H2,1-3H3,(H2,30,37)(H,31,39)(H,32,38)/t16-,19-,20-,21-/m0/s1. The van der Waals surface area contributed by atoms with Crippen molar-refractivity contribution in [2.24, 2.45) is 5.73 Å². The number of nitrogens with one attached hydrogen (secondary N) is 3. The number of sulfonamides is 1. The number of nitrogens with two attached hydrogens (primary N) is 1. The molecule has 1 fully saturated rings. The van der Waals surface area contributed by atoms with Crippen LogP contribution >= 0.6 is 15.9 Å². The van der Waals surface area contributed by atoms with Gasteiger partial charge in [-0.15, -0.1) is 0 Å². The molecular formula is C28H39BrN6O9S. The number of unbranched alkanes of at least 4 members (excludes halogenated alkanes) is 1. The van der Waals surface area contributed by atoms with Crippen molar-refractivity contribution in [1.82, 2.24) is 25.2 Å². The number of hydrogen-bond acceptors (Lipinski definition) is 9. The number of hydrogen-bond donors (Lipinski definition) is 5. The summed E-state index contributed by atoms with van der Waals surface area (Å²) in [5.41, 5.74) is 5.93. The Morgan fingerprint density at radius 2 is 1.91 bits per heavy atom. The maximum absolute atomic E-state index is 13.3. The highest BCUT2D eigenvalue weighted by Gasteiger charge is 2.37. The van der Waals surface area contributed by atoms with E-state index in [1.54, 1.807) is 12.1 Å². The SMILES string of the molecule is C[C@H](NC(=O)[C@H](CO)N(C)C(=O)[C@H](CCCCNC(=O)c1cc2ccc(Br)cc2o1)NS(C)(=O)=O)C(=O)N1CCC[C@H]1C(N)=O. The Hall–Kier alpha value is -3.54. The highest BCUT2D eigenvalue weighted by Crippen LogP contribution is 2.23. The third kappa shape index (κ3) is 9.72. The number of primary amides is 1. The van der Waals surface area contributed by atoms with Crippen LogP contribution in [0.2, 0.25) is 0 Å². The van der Waals surface area contributed by atoms with Crippen molar-refractivity contribution in [1.29, 1.82) is 0 Å². The number of halogens is 1. The fraction of sp³-hybridized carbons (Fsp3) is 0.536. The first kappa shape index (κ1) is 35.9. The molecule has 0 radical (unpaired) electrons. The molecule has 6 N–H and O–H groups in total. The average Bonchev–Trinajstić information content (AvgIpc) is 3.62. The Morgan fingerprint density at radius 1 is 1.20 bits per heavy atom. The van der Waals surface area contributed by atoms with Gasteiger partial charge in [0.25, 0.3) is 5.91 Å². The molecule has 5 amide bonds. The van der Waals surface area contributed by atoms with Gasteiger partial charge in [0.1, 0.15) is 29.8 Å². The van der Waals surface area contributed by atoms with Gasteiger partial charge in [0.15, 0.2) is 5.76 Å². The van der Waals surface area contributed by atoms with Gasteiger partial charge >= 0.3 is 0 Å². The minimum atomic E-state index is -3.85. The summed E-state index contributed by atoms with van der Waals surface area (Å²) in [6.45, 7) is 1.12. The Balaban J connectivity index is 1.56. The number of likely N-dealkylation sites (tertiary alicyclic amines) is 1. The van der Waals surface area contributed by atoms with Crippen LogP contribution in [0.1, 0.15) is 49.6 Å². The van der Waals surface area contributed by atoms with Crippen LogP contribution < -0.4 is 21.1 Å². The zero-order chi connectivity index (χ0) is 33.5. The van der Waals surface area contributed by atoms with Crippen LogP contribution in [-0.4, -0.2) is 110 Å². The first-order valence-electron chi connectivity index (χ1n) is 14.3. The molecule has 2 aromatic rings. The van der Waals surface area contributed by atoms with E-state index in [0.717, 1.165) is 21.0 Å². The predicted octanol–water partition coefficient (Wildman–Crippen LogP) is -0.186. The Labute approximate surface area is 269 Å². The molecule has 45 heavy (non-hydrogen) atoms. The smallest absolute Gasteiger partial charge is 0.287 e. The van der Waals surface area contributed by atoms with Crippen LogP contribution in [0.5, 0.6) is 0 Å². The summed E-state index contributed by atoms with van der Waals surface area (Å²) in [6, 6.07) is 2.43. The summed E-state index contributed by atoms with van der Waals surface area (Å²) < 4.78 is 32.7. The third-order valence-corrected chi connectivity index (χ3v) is 8.66. The van der Waals surface area contributed by atoms with E-state index >= 15 is 0 Å². The lowest BCUT2D eigenvalue weighted by atomic mass is 10.1. The van der Waals surface area contributed by atoms with E-state index in [9.17, 15) is 37.5 Å². The summed E-state index contributed by atoms with van der Waals surface area (Å²) >= 11 is 3.35. The van der Waals surface area contributed by atoms with Crippen molar-refractivity contribution < 1.29 is 41.9 Å². The molecule has 0 aliphatic carbocycles. The first-order chi connectivity index (χ1) is 21.1. The monoisotopic (exact) mass is 714 g/mol. The van der Waals surface area contributed by atoms with E-state index in [0.29, 0.717) is 37.8 Å². The van der Waals surface area contributed by atoms with Gasteiger partial charge < -0.3 is 35.7 Å². The molecule has 1 aliphatic heterocycles. The van der Waals surface area contributed by atoms with Crippen molar-refractivity contribution in [2.75, 3.05) is 33.0 Å². The van der Waals surface area contributed by atoms with Gasteiger partial charge in [0, 0.05) is 30.0 Å². The maximum atomic E-state index is 13.3. The molecule has 17 heteroatoms. The number of carbonyl (C=O) groups is 5. The highest BCUT2D eigenvalue weighted by atomic mass is 79.9. The molecule has 0 unspecified atom stereocenters. The van der Waals surface area contributed by atoms with Crippen LogP contribution in [-0.2, 0) is 29.2 Å². The molecule has 3 rings (SSSR count). The molecule has 15 nitrogen and oxygen atoms in total. The fourth-order valence-corrected chi connectivity index (χ4v) is 6.17. The van der Waals surface area contributed by atoms with Gasteiger partial charge in [-0.05, 0) is 63.3 Å². The van der Waals surface area contributed by atoms with Crippen molar-refractivity contribution in [2.45, 2.75) is 63.2 Å². The molecule has 1 saturated heterocycles. The van der Waals surface area contributed by atoms with Gasteiger partial charge in [-0.25, -0.2) is 13.1 Å². The molecule has 248 valence electrons. The molecule has 4 atom stereocenters. The minimum absolute atomic E-state index is 0.0307. The minimum Gasteiger partial charge on any atom is -0.451 e. The summed E-state index contributed by atoms with van der Waals surface area (Å²) in [6.07, 6.45) is 2.63. The molecule has 0 spiro atoms. The number of likely N-dealkylation sites (N-methyl/N-ethyl adjacent to an activating group) is 1. The van der Waals surface area contributed by atoms with Crippen molar-refractivity contribution in [3.63, 3.8) is 0 Å². The highest BCUT2D eigenvalue weighted by molar-refractivity contribution is 9.10. The normalized spacial score (nSPS) is 17.0. The van der Waals surface area contributed by atoms with Gasteiger partial charge in [-0.3, -0.25) is 24.0 Å². The zero-order valence-corrected chi connectivity index (χ0v) is 27.6. The second-order valence-electron chi connectivity index (χ2n) is 11.0. The Bertz CT molecular complexity index is 1530. The Morgan fingerprint density at radius 3 is 2.56 bits per heavy atom. The summed E-state index contributed by atoms with van der Waals surface area (Å²) in [4.78, 5) is 65.6. The number of rotatable bonds is 15. The molecular weight excluding hydrogens is 676 g/mol. The molecule has 1 aromatic heterocycles. The number of amides is 5. The van der Waals surface area contributed by atoms with Crippen LogP contribution in [0.3, 0.4) is 0 Å². The second kappa shape index (κ2) is 15.6. The van der Waals surface area contributed by atoms with E-state index in [1.165, 1.54) is 18.9 Å². The Kier molecular flexibility index (Phi) is 12.5. The van der Waals surface area contributed by atoms with Crippen LogP contribution in [0.15, 0.2) is 33.2 Å². The molecule has 0 saturated carbocycles. The van der Waals surface area contributed by atoms with E-state index in [4.69, 9.17) is 10.2 Å². The van der Waals surface area contributed by atoms with Crippen molar-refractivity contribution in [3.8, 4) is 0 Å². The number of aliphatic hydroxyl groups is 1. The number of aliphatic hydroxyl groups excluding tert-OH is 1. The molecule has 1 aliphatic rings. The van der Waals surface area contributed by atoms with Crippen LogP contribution in [0, 0.1) is 0 Å². The molecule has 2 heterocycles. The molecule has 1 aromatic carbocycles. The first-order valence-corrected chi connectivity index (χ1v) is 17.0. The fourth-order valence-electron chi connectivity index (χ4n) is 5.10. The van der Waals surface area contributed by atoms with Crippen molar-refractivity contribution in [3.05, 3.63) is 34.5 Å². The summed E-state index contributed by atoms with van der Waals surface area (Å²) in [5, 5.41) is 15.9. The molecule has 0 bridgehead atoms. The number of carbonyl (C=O) groups excluding carboxylic acids is 5. The lowest BCUT2D eigenvalue weighted by Crippen LogP contribution is -2.58.